The Morgan fingerprint density at radius 1 is 1.32 bits per heavy atom. The smallest absolute Gasteiger partial charge is 0.254 e. The number of carbonyl (C=O) groups is 1. The van der Waals surface area contributed by atoms with Crippen molar-refractivity contribution >= 4 is 16.8 Å². The zero-order valence-electron chi connectivity index (χ0n) is 15.3. The van der Waals surface area contributed by atoms with E-state index in [2.05, 4.69) is 31.0 Å². The van der Waals surface area contributed by atoms with Crippen LogP contribution >= 0.6 is 0 Å². The first-order chi connectivity index (χ1) is 11.9. The highest BCUT2D eigenvalue weighted by Crippen LogP contribution is 2.48. The van der Waals surface area contributed by atoms with E-state index in [1.807, 2.05) is 17.9 Å². The second kappa shape index (κ2) is 5.80. The molecule has 2 atom stereocenters. The Bertz CT molecular complexity index is 861. The minimum atomic E-state index is -0.0701. The molecule has 0 radical (unpaired) electrons. The maximum atomic E-state index is 13.3. The molecule has 4 rings (SSSR count). The Morgan fingerprint density at radius 3 is 2.84 bits per heavy atom. The van der Waals surface area contributed by atoms with Gasteiger partial charge in [-0.3, -0.25) is 9.78 Å². The summed E-state index contributed by atoms with van der Waals surface area (Å²) in [5, 5.41) is 10.9. The molecule has 0 spiro atoms. The molecule has 4 heteroatoms. The predicted molar refractivity (Wildman–Crippen MR) is 98.7 cm³/mol. The average molecular weight is 338 g/mol. The first-order valence-corrected chi connectivity index (χ1v) is 9.22. The van der Waals surface area contributed by atoms with Crippen LogP contribution in [0.25, 0.3) is 10.9 Å². The molecular formula is C21H26N2O2. The van der Waals surface area contributed by atoms with Crippen LogP contribution in [0.5, 0.6) is 0 Å². The summed E-state index contributed by atoms with van der Waals surface area (Å²) in [5.41, 5.74) is 4.73. The summed E-state index contributed by atoms with van der Waals surface area (Å²) in [6, 6.07) is 6.11. The van der Waals surface area contributed by atoms with Crippen LogP contribution in [-0.4, -0.2) is 40.6 Å². The van der Waals surface area contributed by atoms with Crippen LogP contribution in [0.4, 0.5) is 0 Å². The number of carbonyl (C=O) groups excluding carboxylic acids is 1. The van der Waals surface area contributed by atoms with Gasteiger partial charge in [0.2, 0.25) is 0 Å². The fraction of sp³-hybridized carbons (Fsp3) is 0.524. The average Bonchev–Trinajstić information content (AvgIpc) is 3.11. The minimum Gasteiger partial charge on any atom is -0.396 e. The summed E-state index contributed by atoms with van der Waals surface area (Å²) in [4.78, 5) is 20.0. The van der Waals surface area contributed by atoms with Gasteiger partial charge in [-0.15, -0.1) is 0 Å². The number of rotatable bonds is 2. The topological polar surface area (TPSA) is 53.4 Å². The van der Waals surface area contributed by atoms with E-state index < -0.39 is 0 Å². The van der Waals surface area contributed by atoms with Crippen molar-refractivity contribution in [2.45, 2.75) is 40.0 Å². The van der Waals surface area contributed by atoms with Crippen LogP contribution in [0.2, 0.25) is 0 Å². The molecule has 2 heterocycles. The molecule has 2 fully saturated rings. The number of amides is 1. The molecule has 4 nitrogen and oxygen atoms in total. The Hall–Kier alpha value is -1.94. The Labute approximate surface area is 148 Å². The summed E-state index contributed by atoms with van der Waals surface area (Å²) < 4.78 is 0. The number of pyridine rings is 1. The van der Waals surface area contributed by atoms with E-state index in [0.29, 0.717) is 12.5 Å². The Kier molecular flexibility index (Phi) is 3.84. The van der Waals surface area contributed by atoms with E-state index in [0.717, 1.165) is 52.7 Å². The molecule has 1 saturated heterocycles. The van der Waals surface area contributed by atoms with E-state index in [1.165, 1.54) is 6.42 Å². The second-order valence-corrected chi connectivity index (χ2v) is 8.08. The van der Waals surface area contributed by atoms with Crippen molar-refractivity contribution in [1.29, 1.82) is 0 Å². The molecule has 1 aliphatic heterocycles. The number of nitrogens with zero attached hydrogens (tertiary/aromatic N) is 2. The van der Waals surface area contributed by atoms with Crippen LogP contribution in [0.15, 0.2) is 18.2 Å². The van der Waals surface area contributed by atoms with Crippen LogP contribution in [-0.2, 0) is 0 Å². The number of aliphatic hydroxyl groups excluding tert-OH is 1. The highest BCUT2D eigenvalue weighted by molar-refractivity contribution is 6.07. The van der Waals surface area contributed by atoms with Gasteiger partial charge in [0, 0.05) is 29.6 Å². The summed E-state index contributed by atoms with van der Waals surface area (Å²) in [6.07, 6.45) is 3.33. The third-order valence-corrected chi connectivity index (χ3v) is 6.25. The van der Waals surface area contributed by atoms with Crippen molar-refractivity contribution in [3.8, 4) is 0 Å². The van der Waals surface area contributed by atoms with Crippen LogP contribution in [0, 0.1) is 32.1 Å². The Morgan fingerprint density at radius 2 is 2.12 bits per heavy atom. The molecule has 132 valence electrons. The van der Waals surface area contributed by atoms with Crippen LogP contribution in [0.1, 0.15) is 46.4 Å². The van der Waals surface area contributed by atoms with E-state index in [9.17, 15) is 9.90 Å². The standard InChI is InChI=1S/C21H26N2O2/c1-13-7-14(2)19-17(8-13)18(9-15(3)22-19)20(25)23-10-16-5-4-6-21(16,11-23)12-24/h7-9,16,24H,4-6,10-12H2,1-3H3/t16-,21+/m1/s1. The largest absolute Gasteiger partial charge is 0.396 e. The highest BCUT2D eigenvalue weighted by Gasteiger charge is 2.50. The lowest BCUT2D eigenvalue weighted by Crippen LogP contribution is -2.34. The number of aryl methyl sites for hydroxylation is 3. The molecule has 25 heavy (non-hydrogen) atoms. The van der Waals surface area contributed by atoms with Gasteiger partial charge in [0.25, 0.3) is 5.91 Å². The molecular weight excluding hydrogens is 312 g/mol. The number of likely N-dealkylation sites (tertiary alicyclic amines) is 1. The molecule has 0 unspecified atom stereocenters. The second-order valence-electron chi connectivity index (χ2n) is 8.08. The number of fused-ring (bicyclic) bond motifs is 2. The molecule has 1 aliphatic carbocycles. The first-order valence-electron chi connectivity index (χ1n) is 9.22. The number of aliphatic hydroxyl groups is 1. The zero-order valence-corrected chi connectivity index (χ0v) is 15.3. The van der Waals surface area contributed by atoms with Crippen LogP contribution in [0.3, 0.4) is 0 Å². The van der Waals surface area contributed by atoms with Crippen molar-refractivity contribution in [2.24, 2.45) is 11.3 Å². The number of hydrogen-bond donors (Lipinski definition) is 1. The third-order valence-electron chi connectivity index (χ3n) is 6.25. The van der Waals surface area contributed by atoms with E-state index >= 15 is 0 Å². The molecule has 1 aromatic heterocycles. The SMILES string of the molecule is Cc1cc(C)c2nc(C)cc(C(=O)N3C[C@H]4CCC[C@@]4(CO)C3)c2c1. The van der Waals surface area contributed by atoms with Gasteiger partial charge in [-0.2, -0.15) is 0 Å². The van der Waals surface area contributed by atoms with Gasteiger partial charge >= 0.3 is 0 Å². The van der Waals surface area contributed by atoms with Crippen molar-refractivity contribution < 1.29 is 9.90 Å². The van der Waals surface area contributed by atoms with Gasteiger partial charge in [-0.1, -0.05) is 18.1 Å². The third kappa shape index (κ3) is 2.54. The summed E-state index contributed by atoms with van der Waals surface area (Å²) in [7, 11) is 0. The van der Waals surface area contributed by atoms with Gasteiger partial charge in [-0.25, -0.2) is 0 Å². The first kappa shape index (κ1) is 16.5. The lowest BCUT2D eigenvalue weighted by Gasteiger charge is -2.26. The maximum absolute atomic E-state index is 13.3. The highest BCUT2D eigenvalue weighted by atomic mass is 16.3. The monoisotopic (exact) mass is 338 g/mol. The van der Waals surface area contributed by atoms with Crippen molar-refractivity contribution in [2.75, 3.05) is 19.7 Å². The zero-order chi connectivity index (χ0) is 17.8. The molecule has 0 bridgehead atoms. The summed E-state index contributed by atoms with van der Waals surface area (Å²) >= 11 is 0. The van der Waals surface area contributed by atoms with Crippen molar-refractivity contribution in [3.63, 3.8) is 0 Å². The van der Waals surface area contributed by atoms with Gasteiger partial charge in [0.1, 0.15) is 0 Å². The van der Waals surface area contributed by atoms with E-state index in [-0.39, 0.29) is 17.9 Å². The molecule has 1 N–H and O–H groups in total. The van der Waals surface area contributed by atoms with Crippen LogP contribution < -0.4 is 0 Å². The normalized spacial score (nSPS) is 25.6. The Balaban J connectivity index is 1.76. The number of aromatic nitrogens is 1. The fourth-order valence-electron chi connectivity index (χ4n) is 4.98. The summed E-state index contributed by atoms with van der Waals surface area (Å²) in [6.45, 7) is 7.70. The maximum Gasteiger partial charge on any atom is 0.254 e. The minimum absolute atomic E-state index is 0.0701. The van der Waals surface area contributed by atoms with Crippen molar-refractivity contribution in [1.82, 2.24) is 9.88 Å². The molecule has 1 saturated carbocycles. The van der Waals surface area contributed by atoms with Gasteiger partial charge in [0.15, 0.2) is 0 Å². The molecule has 2 aliphatic rings. The number of hydrogen-bond acceptors (Lipinski definition) is 3. The van der Waals surface area contributed by atoms with Gasteiger partial charge in [-0.05, 0) is 57.2 Å². The predicted octanol–water partition coefficient (Wildman–Crippen LogP) is 3.39. The summed E-state index contributed by atoms with van der Waals surface area (Å²) in [5.74, 6) is 0.529. The quantitative estimate of drug-likeness (QED) is 0.913. The lowest BCUT2D eigenvalue weighted by atomic mass is 9.82. The molecule has 1 aromatic carbocycles. The molecule has 1 amide bonds. The number of benzene rings is 1. The van der Waals surface area contributed by atoms with E-state index in [1.54, 1.807) is 0 Å². The van der Waals surface area contributed by atoms with Gasteiger partial charge in [0.05, 0.1) is 17.7 Å². The van der Waals surface area contributed by atoms with Gasteiger partial charge < -0.3 is 10.0 Å². The fourth-order valence-corrected chi connectivity index (χ4v) is 4.98. The van der Waals surface area contributed by atoms with Crippen molar-refractivity contribution in [3.05, 3.63) is 40.6 Å². The molecule has 2 aromatic rings. The van der Waals surface area contributed by atoms with E-state index in [4.69, 9.17) is 0 Å². The lowest BCUT2D eigenvalue weighted by molar-refractivity contribution is 0.0736.